The van der Waals surface area contributed by atoms with E-state index in [1.54, 1.807) is 30.3 Å². The fraction of sp³-hybridized carbons (Fsp3) is 0.0833. The number of aliphatic hydroxyl groups excluding tert-OH is 1. The zero-order valence-electron chi connectivity index (χ0n) is 8.27. The Balaban J connectivity index is 2.34. The smallest absolute Gasteiger partial charge is 0.248 e. The molecule has 0 radical (unpaired) electrons. The second kappa shape index (κ2) is 4.37. The van der Waals surface area contributed by atoms with Crippen molar-refractivity contribution in [3.63, 3.8) is 0 Å². The van der Waals surface area contributed by atoms with Crippen LogP contribution >= 0.6 is 0 Å². The van der Waals surface area contributed by atoms with Crippen molar-refractivity contribution in [1.82, 2.24) is 4.98 Å². The van der Waals surface area contributed by atoms with Gasteiger partial charge in [0.25, 0.3) is 0 Å². The minimum Gasteiger partial charge on any atom is -0.384 e. The van der Waals surface area contributed by atoms with Crippen molar-refractivity contribution >= 4 is 0 Å². The van der Waals surface area contributed by atoms with Crippen molar-refractivity contribution in [2.24, 2.45) is 0 Å². The van der Waals surface area contributed by atoms with Crippen molar-refractivity contribution in [2.45, 2.75) is 6.10 Å². The normalized spacial score (nSPS) is 12.4. The van der Waals surface area contributed by atoms with Gasteiger partial charge in [-0.05, 0) is 11.6 Å². The number of nitrogens with zero attached hydrogens (tertiary/aromatic N) is 1. The van der Waals surface area contributed by atoms with Crippen LogP contribution in [-0.2, 0) is 0 Å². The summed E-state index contributed by atoms with van der Waals surface area (Å²) in [5.41, 5.74) is 0.834. The third-order valence-electron chi connectivity index (χ3n) is 2.25. The van der Waals surface area contributed by atoms with E-state index in [1.807, 2.05) is 0 Å². The van der Waals surface area contributed by atoms with Crippen LogP contribution in [0.4, 0.5) is 8.78 Å². The van der Waals surface area contributed by atoms with Gasteiger partial charge in [0, 0.05) is 11.8 Å². The Morgan fingerprint density at radius 2 is 1.75 bits per heavy atom. The first kappa shape index (κ1) is 10.7. The lowest BCUT2D eigenvalue weighted by molar-refractivity contribution is 0.218. The molecule has 0 bridgehead atoms. The molecule has 1 aromatic heterocycles. The maximum Gasteiger partial charge on any atom is 0.248 e. The standard InChI is InChI=1S/C12H9F2NO/c13-10-6-9(7-15-12(10)14)11(16)8-4-2-1-3-5-8/h1-7,11,16H. The lowest BCUT2D eigenvalue weighted by Gasteiger charge is -2.10. The highest BCUT2D eigenvalue weighted by molar-refractivity contribution is 5.28. The minimum atomic E-state index is -1.16. The third kappa shape index (κ3) is 2.06. The highest BCUT2D eigenvalue weighted by atomic mass is 19.2. The molecule has 0 aliphatic carbocycles. The predicted octanol–water partition coefficient (Wildman–Crippen LogP) is 2.44. The van der Waals surface area contributed by atoms with Crippen LogP contribution in [-0.4, -0.2) is 10.1 Å². The maximum atomic E-state index is 12.9. The van der Waals surface area contributed by atoms with Gasteiger partial charge in [-0.3, -0.25) is 0 Å². The van der Waals surface area contributed by atoms with Gasteiger partial charge in [0.05, 0.1) is 0 Å². The molecular formula is C12H9F2NO. The summed E-state index contributed by atoms with van der Waals surface area (Å²) in [7, 11) is 0. The number of halogens is 2. The molecule has 82 valence electrons. The Hall–Kier alpha value is -1.81. The second-order valence-corrected chi connectivity index (χ2v) is 3.35. The van der Waals surface area contributed by atoms with Crippen LogP contribution in [0.5, 0.6) is 0 Å². The predicted molar refractivity (Wildman–Crippen MR) is 54.7 cm³/mol. The van der Waals surface area contributed by atoms with E-state index in [0.717, 1.165) is 12.3 Å². The molecule has 2 nitrogen and oxygen atoms in total. The van der Waals surface area contributed by atoms with Crippen LogP contribution in [0.25, 0.3) is 0 Å². The zero-order chi connectivity index (χ0) is 11.5. The molecular weight excluding hydrogens is 212 g/mol. The minimum absolute atomic E-state index is 0.227. The van der Waals surface area contributed by atoms with E-state index in [-0.39, 0.29) is 5.56 Å². The SMILES string of the molecule is OC(c1ccccc1)c1cnc(F)c(F)c1. The van der Waals surface area contributed by atoms with Crippen molar-refractivity contribution < 1.29 is 13.9 Å². The monoisotopic (exact) mass is 221 g/mol. The summed E-state index contributed by atoms with van der Waals surface area (Å²) in [6, 6.07) is 9.66. The average Bonchev–Trinajstić information content (AvgIpc) is 2.33. The first-order valence-electron chi connectivity index (χ1n) is 4.72. The van der Waals surface area contributed by atoms with Gasteiger partial charge >= 0.3 is 0 Å². The molecule has 4 heteroatoms. The maximum absolute atomic E-state index is 12.9. The Morgan fingerprint density at radius 1 is 1.06 bits per heavy atom. The number of pyridine rings is 1. The highest BCUT2D eigenvalue weighted by Gasteiger charge is 2.13. The Labute approximate surface area is 91.2 Å². The number of rotatable bonds is 2. The first-order valence-corrected chi connectivity index (χ1v) is 4.72. The topological polar surface area (TPSA) is 33.1 Å². The van der Waals surface area contributed by atoms with Gasteiger partial charge in [-0.15, -0.1) is 0 Å². The third-order valence-corrected chi connectivity index (χ3v) is 2.25. The van der Waals surface area contributed by atoms with Gasteiger partial charge in [-0.2, -0.15) is 4.39 Å². The number of hydrogen-bond acceptors (Lipinski definition) is 2. The average molecular weight is 221 g/mol. The molecule has 0 spiro atoms. The van der Waals surface area contributed by atoms with E-state index in [4.69, 9.17) is 0 Å². The highest BCUT2D eigenvalue weighted by Crippen LogP contribution is 2.21. The van der Waals surface area contributed by atoms with Gasteiger partial charge in [0.1, 0.15) is 6.10 Å². The molecule has 0 saturated carbocycles. The molecule has 0 aliphatic rings. The molecule has 0 aliphatic heterocycles. The molecule has 0 amide bonds. The zero-order valence-corrected chi connectivity index (χ0v) is 8.27. The molecule has 16 heavy (non-hydrogen) atoms. The van der Waals surface area contributed by atoms with Crippen molar-refractivity contribution in [3.05, 3.63) is 65.5 Å². The lowest BCUT2D eigenvalue weighted by atomic mass is 10.0. The largest absolute Gasteiger partial charge is 0.384 e. The molecule has 1 atom stereocenters. The van der Waals surface area contributed by atoms with Gasteiger partial charge in [-0.1, -0.05) is 30.3 Å². The number of hydrogen-bond donors (Lipinski definition) is 1. The molecule has 0 fully saturated rings. The second-order valence-electron chi connectivity index (χ2n) is 3.35. The first-order chi connectivity index (χ1) is 7.68. The van der Waals surface area contributed by atoms with Crippen LogP contribution in [0, 0.1) is 11.8 Å². The number of benzene rings is 1. The van der Waals surface area contributed by atoms with Gasteiger partial charge < -0.3 is 5.11 Å². The van der Waals surface area contributed by atoms with Gasteiger partial charge in [-0.25, -0.2) is 9.37 Å². The van der Waals surface area contributed by atoms with E-state index in [9.17, 15) is 13.9 Å². The Bertz CT molecular complexity index is 488. The van der Waals surface area contributed by atoms with E-state index in [2.05, 4.69) is 4.98 Å². The summed E-state index contributed by atoms with van der Waals surface area (Å²) in [5.74, 6) is -2.23. The molecule has 2 aromatic rings. The van der Waals surface area contributed by atoms with Crippen LogP contribution in [0.3, 0.4) is 0 Å². The van der Waals surface area contributed by atoms with Crippen LogP contribution < -0.4 is 0 Å². The molecule has 1 heterocycles. The summed E-state index contributed by atoms with van der Waals surface area (Å²) in [6.07, 6.45) is 0.125. The van der Waals surface area contributed by atoms with E-state index >= 15 is 0 Å². The number of aliphatic hydroxyl groups is 1. The fourth-order valence-electron chi connectivity index (χ4n) is 1.41. The van der Waals surface area contributed by atoms with Crippen molar-refractivity contribution in [1.29, 1.82) is 0 Å². The molecule has 2 rings (SSSR count). The van der Waals surface area contributed by atoms with Crippen LogP contribution in [0.15, 0.2) is 42.6 Å². The summed E-state index contributed by atoms with van der Waals surface area (Å²) in [4.78, 5) is 3.22. The summed E-state index contributed by atoms with van der Waals surface area (Å²) in [5, 5.41) is 9.88. The fourth-order valence-corrected chi connectivity index (χ4v) is 1.41. The molecule has 0 saturated heterocycles. The lowest BCUT2D eigenvalue weighted by Crippen LogP contribution is -2.02. The van der Waals surface area contributed by atoms with Crippen LogP contribution in [0.1, 0.15) is 17.2 Å². The Kier molecular flexibility index (Phi) is 2.92. The van der Waals surface area contributed by atoms with Crippen molar-refractivity contribution in [3.8, 4) is 0 Å². The molecule has 1 aromatic carbocycles. The van der Waals surface area contributed by atoms with E-state index in [1.165, 1.54) is 0 Å². The van der Waals surface area contributed by atoms with E-state index in [0.29, 0.717) is 5.56 Å². The van der Waals surface area contributed by atoms with Crippen LogP contribution in [0.2, 0.25) is 0 Å². The van der Waals surface area contributed by atoms with Gasteiger partial charge in [0.2, 0.25) is 5.95 Å². The van der Waals surface area contributed by atoms with Crippen molar-refractivity contribution in [2.75, 3.05) is 0 Å². The quantitative estimate of drug-likeness (QED) is 0.790. The summed E-state index contributed by atoms with van der Waals surface area (Å²) >= 11 is 0. The molecule has 1 N–H and O–H groups in total. The molecule has 1 unspecified atom stereocenters. The summed E-state index contributed by atoms with van der Waals surface area (Å²) < 4.78 is 25.5. The summed E-state index contributed by atoms with van der Waals surface area (Å²) in [6.45, 7) is 0. The Morgan fingerprint density at radius 3 is 2.38 bits per heavy atom. The van der Waals surface area contributed by atoms with E-state index < -0.39 is 17.9 Å². The van der Waals surface area contributed by atoms with Gasteiger partial charge in [0.15, 0.2) is 5.82 Å². The number of aromatic nitrogens is 1.